The number of thioether (sulfide) groups is 1. The number of hydrogen-bond donors (Lipinski definition) is 2. The summed E-state index contributed by atoms with van der Waals surface area (Å²) in [6, 6.07) is 13.7. The molecule has 2 N–H and O–H groups in total. The van der Waals surface area contributed by atoms with Gasteiger partial charge in [0.1, 0.15) is 0 Å². The van der Waals surface area contributed by atoms with Gasteiger partial charge in [0.05, 0.1) is 12.3 Å². The van der Waals surface area contributed by atoms with Crippen molar-refractivity contribution < 1.29 is 9.59 Å². The highest BCUT2D eigenvalue weighted by molar-refractivity contribution is 8.00. The Kier molecular flexibility index (Phi) is 6.44. The minimum atomic E-state index is -0.219. The van der Waals surface area contributed by atoms with Crippen molar-refractivity contribution in [2.24, 2.45) is 0 Å². The lowest BCUT2D eigenvalue weighted by molar-refractivity contribution is -0.122. The summed E-state index contributed by atoms with van der Waals surface area (Å²) in [5.41, 5.74) is 4.02. The first kappa shape index (κ1) is 18.1. The Morgan fingerprint density at radius 1 is 0.958 bits per heavy atom. The highest BCUT2D eigenvalue weighted by Crippen LogP contribution is 2.21. The predicted molar refractivity (Wildman–Crippen MR) is 99.5 cm³/mol. The molecular formula is C19H22N2O2S. The van der Waals surface area contributed by atoms with Crippen molar-refractivity contribution in [2.75, 3.05) is 17.6 Å². The monoisotopic (exact) mass is 342 g/mol. The highest BCUT2D eigenvalue weighted by Gasteiger charge is 2.10. The second-order valence-corrected chi connectivity index (χ2v) is 6.75. The van der Waals surface area contributed by atoms with E-state index >= 15 is 0 Å². The maximum Gasteiger partial charge on any atom is 0.243 e. The number of rotatable bonds is 6. The summed E-state index contributed by atoms with van der Waals surface area (Å²) in [5, 5.41) is 5.53. The van der Waals surface area contributed by atoms with E-state index in [2.05, 4.69) is 10.6 Å². The number of hydrogen-bond acceptors (Lipinski definition) is 3. The second-order valence-electron chi connectivity index (χ2n) is 5.70. The number of amides is 2. The van der Waals surface area contributed by atoms with E-state index < -0.39 is 0 Å². The molecule has 0 radical (unpaired) electrons. The van der Waals surface area contributed by atoms with Gasteiger partial charge >= 0.3 is 0 Å². The van der Waals surface area contributed by atoms with Gasteiger partial charge in [-0.2, -0.15) is 0 Å². The summed E-state index contributed by atoms with van der Waals surface area (Å²) in [6.45, 7) is 5.92. The van der Waals surface area contributed by atoms with Crippen LogP contribution in [0.15, 0.2) is 47.4 Å². The number of aryl methyl sites for hydroxylation is 3. The topological polar surface area (TPSA) is 58.2 Å². The molecule has 2 aromatic rings. The third-order valence-corrected chi connectivity index (χ3v) is 4.51. The summed E-state index contributed by atoms with van der Waals surface area (Å²) >= 11 is 1.45. The first-order valence-electron chi connectivity index (χ1n) is 7.78. The van der Waals surface area contributed by atoms with Crippen LogP contribution >= 0.6 is 11.8 Å². The van der Waals surface area contributed by atoms with Crippen LogP contribution in [-0.2, 0) is 9.59 Å². The van der Waals surface area contributed by atoms with E-state index in [1.807, 2.05) is 63.2 Å². The van der Waals surface area contributed by atoms with Crippen LogP contribution in [0.3, 0.4) is 0 Å². The number of carbonyl (C=O) groups excluding carboxylic acids is 2. The van der Waals surface area contributed by atoms with Gasteiger partial charge in [0, 0.05) is 10.6 Å². The fourth-order valence-electron chi connectivity index (χ4n) is 2.46. The number of carbonyl (C=O) groups is 2. The minimum absolute atomic E-state index is 0.0268. The lowest BCUT2D eigenvalue weighted by atomic mass is 10.1. The van der Waals surface area contributed by atoms with Crippen LogP contribution in [0.4, 0.5) is 5.69 Å². The molecule has 4 nitrogen and oxygen atoms in total. The van der Waals surface area contributed by atoms with Gasteiger partial charge in [-0.25, -0.2) is 0 Å². The first-order chi connectivity index (χ1) is 11.5. The normalized spacial score (nSPS) is 10.3. The zero-order chi connectivity index (χ0) is 17.5. The van der Waals surface area contributed by atoms with E-state index in [4.69, 9.17) is 0 Å². The van der Waals surface area contributed by atoms with E-state index in [0.717, 1.165) is 27.3 Å². The van der Waals surface area contributed by atoms with Crippen molar-refractivity contribution in [3.8, 4) is 0 Å². The number of anilines is 1. The molecule has 2 amide bonds. The van der Waals surface area contributed by atoms with Crippen LogP contribution in [0.25, 0.3) is 0 Å². The fraction of sp³-hybridized carbons (Fsp3) is 0.263. The zero-order valence-electron chi connectivity index (χ0n) is 14.2. The van der Waals surface area contributed by atoms with Crippen molar-refractivity contribution in [1.82, 2.24) is 5.32 Å². The molecule has 0 saturated heterocycles. The third kappa shape index (κ3) is 5.42. The van der Waals surface area contributed by atoms with Crippen molar-refractivity contribution in [3.05, 3.63) is 59.2 Å². The highest BCUT2D eigenvalue weighted by atomic mass is 32.2. The van der Waals surface area contributed by atoms with E-state index in [0.29, 0.717) is 5.75 Å². The molecule has 0 fully saturated rings. The van der Waals surface area contributed by atoms with Gasteiger partial charge in [0.2, 0.25) is 11.8 Å². The Morgan fingerprint density at radius 2 is 1.58 bits per heavy atom. The van der Waals surface area contributed by atoms with Crippen LogP contribution in [0, 0.1) is 20.8 Å². The van der Waals surface area contributed by atoms with Crippen LogP contribution in [-0.4, -0.2) is 24.1 Å². The molecule has 126 valence electrons. The van der Waals surface area contributed by atoms with Crippen LogP contribution in [0.5, 0.6) is 0 Å². The number of nitrogens with one attached hydrogen (secondary N) is 2. The van der Waals surface area contributed by atoms with E-state index in [1.54, 1.807) is 0 Å². The van der Waals surface area contributed by atoms with Crippen molar-refractivity contribution >= 4 is 29.3 Å². The molecule has 2 aromatic carbocycles. The molecule has 5 heteroatoms. The molecule has 0 aliphatic heterocycles. The molecule has 0 atom stereocenters. The smallest absolute Gasteiger partial charge is 0.243 e. The van der Waals surface area contributed by atoms with Gasteiger partial charge in [-0.1, -0.05) is 35.9 Å². The van der Waals surface area contributed by atoms with Gasteiger partial charge in [-0.3, -0.25) is 9.59 Å². The molecule has 0 spiro atoms. The lowest BCUT2D eigenvalue weighted by Crippen LogP contribution is -2.34. The van der Waals surface area contributed by atoms with Gasteiger partial charge < -0.3 is 10.6 Å². The summed E-state index contributed by atoms with van der Waals surface area (Å²) < 4.78 is 0. The molecule has 0 aliphatic carbocycles. The maximum atomic E-state index is 12.0. The van der Waals surface area contributed by atoms with Gasteiger partial charge in [-0.05, 0) is 44.0 Å². The quantitative estimate of drug-likeness (QED) is 0.791. The SMILES string of the molecule is Cc1cc(C)c(NC(=O)CNC(=O)CSc2ccccc2)c(C)c1. The molecule has 2 rings (SSSR count). The fourth-order valence-corrected chi connectivity index (χ4v) is 3.21. The van der Waals surface area contributed by atoms with Gasteiger partial charge in [-0.15, -0.1) is 11.8 Å². The Hall–Kier alpha value is -2.27. The van der Waals surface area contributed by atoms with E-state index in [1.165, 1.54) is 11.8 Å². The average Bonchev–Trinajstić information content (AvgIpc) is 2.55. The molecular weight excluding hydrogens is 320 g/mol. The average molecular weight is 342 g/mol. The van der Waals surface area contributed by atoms with Crippen LogP contribution in [0.1, 0.15) is 16.7 Å². The Bertz CT molecular complexity index is 706. The summed E-state index contributed by atoms with van der Waals surface area (Å²) in [4.78, 5) is 24.9. The molecule has 24 heavy (non-hydrogen) atoms. The molecule has 0 bridgehead atoms. The Labute approximate surface area is 147 Å². The molecule has 0 aromatic heterocycles. The molecule has 0 aliphatic rings. The largest absolute Gasteiger partial charge is 0.346 e. The molecule has 0 saturated carbocycles. The van der Waals surface area contributed by atoms with Gasteiger partial charge in [0.25, 0.3) is 0 Å². The van der Waals surface area contributed by atoms with E-state index in [-0.39, 0.29) is 18.4 Å². The lowest BCUT2D eigenvalue weighted by Gasteiger charge is -2.13. The third-order valence-electron chi connectivity index (χ3n) is 3.50. The first-order valence-corrected chi connectivity index (χ1v) is 8.76. The predicted octanol–water partition coefficient (Wildman–Crippen LogP) is 3.46. The zero-order valence-corrected chi connectivity index (χ0v) is 15.0. The van der Waals surface area contributed by atoms with Gasteiger partial charge in [0.15, 0.2) is 0 Å². The second kappa shape index (κ2) is 8.55. The van der Waals surface area contributed by atoms with Crippen LogP contribution in [0.2, 0.25) is 0 Å². The molecule has 0 unspecified atom stereocenters. The minimum Gasteiger partial charge on any atom is -0.346 e. The van der Waals surface area contributed by atoms with E-state index in [9.17, 15) is 9.59 Å². The standard InChI is InChI=1S/C19H22N2O2S/c1-13-9-14(2)19(15(3)10-13)21-17(22)11-20-18(23)12-24-16-7-5-4-6-8-16/h4-10H,11-12H2,1-3H3,(H,20,23)(H,21,22). The van der Waals surface area contributed by atoms with Crippen molar-refractivity contribution in [2.45, 2.75) is 25.7 Å². The maximum absolute atomic E-state index is 12.0. The molecule has 0 heterocycles. The number of benzene rings is 2. The van der Waals surface area contributed by atoms with Crippen molar-refractivity contribution in [3.63, 3.8) is 0 Å². The Morgan fingerprint density at radius 3 is 2.21 bits per heavy atom. The summed E-state index contributed by atoms with van der Waals surface area (Å²) in [6.07, 6.45) is 0. The summed E-state index contributed by atoms with van der Waals surface area (Å²) in [5.74, 6) is -0.0839. The Balaban J connectivity index is 1.80. The van der Waals surface area contributed by atoms with Crippen LogP contribution < -0.4 is 10.6 Å². The summed E-state index contributed by atoms with van der Waals surface area (Å²) in [7, 11) is 0. The van der Waals surface area contributed by atoms with Crippen molar-refractivity contribution in [1.29, 1.82) is 0 Å².